The van der Waals surface area contributed by atoms with Crippen LogP contribution in [0.2, 0.25) is 0 Å². The molecule has 0 aliphatic rings. The predicted molar refractivity (Wildman–Crippen MR) is 97.5 cm³/mol. The zero-order chi connectivity index (χ0) is 16.5. The van der Waals surface area contributed by atoms with E-state index in [-0.39, 0.29) is 5.56 Å². The van der Waals surface area contributed by atoms with Crippen molar-refractivity contribution >= 4 is 28.3 Å². The second-order valence-corrected chi connectivity index (χ2v) is 6.57. The van der Waals surface area contributed by atoms with Crippen molar-refractivity contribution in [3.05, 3.63) is 82.4 Å². The Morgan fingerprint density at radius 3 is 2.79 bits per heavy atom. The molecule has 4 nitrogen and oxygen atoms in total. The molecule has 0 bridgehead atoms. The summed E-state index contributed by atoms with van der Waals surface area (Å²) in [6.07, 6.45) is 0. The molecule has 0 radical (unpaired) electrons. The standard InChI is InChI=1S/C19H15N3OS/c1-13-5-4-8-17-20-15(11-19(23)22(13)17)12-24-18-10-9-14-6-2-3-7-16(14)21-18/h2-11H,12H2,1H3. The number of fused-ring (bicyclic) bond motifs is 2. The third kappa shape index (κ3) is 2.78. The van der Waals surface area contributed by atoms with Crippen LogP contribution in [0, 0.1) is 6.92 Å². The molecule has 0 aliphatic carbocycles. The lowest BCUT2D eigenvalue weighted by Gasteiger charge is -2.06. The third-order valence-electron chi connectivity index (χ3n) is 3.87. The van der Waals surface area contributed by atoms with Crippen LogP contribution in [0.3, 0.4) is 0 Å². The molecular formula is C19H15N3OS. The SMILES string of the molecule is Cc1cccc2nc(CSc3ccc4ccccc4n3)cc(=O)n12. The number of pyridine rings is 2. The molecule has 0 saturated heterocycles. The van der Waals surface area contributed by atoms with Gasteiger partial charge in [-0.05, 0) is 31.2 Å². The first-order chi connectivity index (χ1) is 11.7. The Kier molecular flexibility index (Phi) is 3.78. The monoisotopic (exact) mass is 333 g/mol. The fourth-order valence-corrected chi connectivity index (χ4v) is 3.48. The fraction of sp³-hybridized carbons (Fsp3) is 0.105. The van der Waals surface area contributed by atoms with E-state index in [0.717, 1.165) is 27.3 Å². The fourth-order valence-electron chi connectivity index (χ4n) is 2.71. The molecule has 0 amide bonds. The van der Waals surface area contributed by atoms with Crippen molar-refractivity contribution in [2.45, 2.75) is 17.7 Å². The minimum Gasteiger partial charge on any atom is -0.269 e. The average molecular weight is 333 g/mol. The summed E-state index contributed by atoms with van der Waals surface area (Å²) in [5, 5.41) is 2.05. The van der Waals surface area contributed by atoms with Gasteiger partial charge in [-0.15, -0.1) is 11.8 Å². The van der Waals surface area contributed by atoms with Gasteiger partial charge in [-0.1, -0.05) is 30.3 Å². The number of hydrogen-bond acceptors (Lipinski definition) is 4. The lowest BCUT2D eigenvalue weighted by atomic mass is 10.2. The van der Waals surface area contributed by atoms with E-state index < -0.39 is 0 Å². The second kappa shape index (κ2) is 6.09. The van der Waals surface area contributed by atoms with E-state index in [1.54, 1.807) is 22.2 Å². The topological polar surface area (TPSA) is 47.3 Å². The van der Waals surface area contributed by atoms with Crippen LogP contribution >= 0.6 is 11.8 Å². The Hall–Kier alpha value is -2.66. The Morgan fingerprint density at radius 1 is 1.00 bits per heavy atom. The number of rotatable bonds is 3. The van der Waals surface area contributed by atoms with E-state index in [1.807, 2.05) is 55.5 Å². The maximum atomic E-state index is 12.3. The number of benzene rings is 1. The Morgan fingerprint density at radius 2 is 1.88 bits per heavy atom. The van der Waals surface area contributed by atoms with Gasteiger partial charge in [-0.25, -0.2) is 9.97 Å². The van der Waals surface area contributed by atoms with Gasteiger partial charge in [0.15, 0.2) is 0 Å². The molecule has 1 aromatic carbocycles. The molecule has 3 aromatic heterocycles. The third-order valence-corrected chi connectivity index (χ3v) is 4.84. The molecule has 24 heavy (non-hydrogen) atoms. The quantitative estimate of drug-likeness (QED) is 0.534. The molecule has 4 aromatic rings. The molecule has 3 heterocycles. The number of aryl methyl sites for hydroxylation is 1. The molecule has 0 aliphatic heterocycles. The van der Waals surface area contributed by atoms with E-state index in [0.29, 0.717) is 11.4 Å². The summed E-state index contributed by atoms with van der Waals surface area (Å²) >= 11 is 1.59. The van der Waals surface area contributed by atoms with Crippen LogP contribution in [-0.2, 0) is 5.75 Å². The van der Waals surface area contributed by atoms with Crippen LogP contribution in [0.15, 0.2) is 70.5 Å². The van der Waals surface area contributed by atoms with Crippen LogP contribution < -0.4 is 5.56 Å². The molecule has 0 unspecified atom stereocenters. The van der Waals surface area contributed by atoms with E-state index in [2.05, 4.69) is 16.0 Å². The van der Waals surface area contributed by atoms with E-state index in [1.165, 1.54) is 0 Å². The largest absolute Gasteiger partial charge is 0.269 e. The molecule has 118 valence electrons. The van der Waals surface area contributed by atoms with Crippen LogP contribution in [-0.4, -0.2) is 14.4 Å². The van der Waals surface area contributed by atoms with Gasteiger partial charge in [-0.3, -0.25) is 9.20 Å². The Labute approximate surface area is 143 Å². The maximum absolute atomic E-state index is 12.3. The van der Waals surface area contributed by atoms with Crippen LogP contribution in [0.1, 0.15) is 11.4 Å². The molecule has 0 saturated carbocycles. The molecule has 0 N–H and O–H groups in total. The molecule has 0 spiro atoms. The normalized spacial score (nSPS) is 11.2. The van der Waals surface area contributed by atoms with Crippen LogP contribution in [0.4, 0.5) is 0 Å². The van der Waals surface area contributed by atoms with E-state index in [4.69, 9.17) is 0 Å². The minimum absolute atomic E-state index is 0.0415. The summed E-state index contributed by atoms with van der Waals surface area (Å²) in [7, 11) is 0. The van der Waals surface area contributed by atoms with Crippen molar-refractivity contribution in [2.24, 2.45) is 0 Å². The summed E-state index contributed by atoms with van der Waals surface area (Å²) in [5.41, 5.74) is 3.28. The second-order valence-electron chi connectivity index (χ2n) is 5.58. The summed E-state index contributed by atoms with van der Waals surface area (Å²) in [4.78, 5) is 21.5. The molecule has 5 heteroatoms. The zero-order valence-corrected chi connectivity index (χ0v) is 14.0. The first-order valence-electron chi connectivity index (χ1n) is 7.68. The minimum atomic E-state index is -0.0415. The van der Waals surface area contributed by atoms with Gasteiger partial charge in [0.2, 0.25) is 0 Å². The van der Waals surface area contributed by atoms with Crippen LogP contribution in [0.25, 0.3) is 16.6 Å². The summed E-state index contributed by atoms with van der Waals surface area (Å²) in [5.74, 6) is 0.616. The number of para-hydroxylation sites is 1. The molecule has 0 fully saturated rings. The number of nitrogens with zero attached hydrogens (tertiary/aromatic N) is 3. The van der Waals surface area contributed by atoms with Crippen molar-refractivity contribution in [1.29, 1.82) is 0 Å². The number of aromatic nitrogens is 3. The number of thioether (sulfide) groups is 1. The highest BCUT2D eigenvalue weighted by Crippen LogP contribution is 2.22. The van der Waals surface area contributed by atoms with Crippen molar-refractivity contribution < 1.29 is 0 Å². The van der Waals surface area contributed by atoms with Gasteiger partial charge >= 0.3 is 0 Å². The smallest absolute Gasteiger partial charge is 0.258 e. The van der Waals surface area contributed by atoms with Crippen LogP contribution in [0.5, 0.6) is 0 Å². The average Bonchev–Trinajstić information content (AvgIpc) is 2.59. The summed E-state index contributed by atoms with van der Waals surface area (Å²) in [6.45, 7) is 1.91. The first kappa shape index (κ1) is 14.9. The molecule has 4 rings (SSSR count). The zero-order valence-electron chi connectivity index (χ0n) is 13.1. The highest BCUT2D eigenvalue weighted by molar-refractivity contribution is 7.98. The van der Waals surface area contributed by atoms with Crippen molar-refractivity contribution in [3.63, 3.8) is 0 Å². The lowest BCUT2D eigenvalue weighted by molar-refractivity contribution is 0.968. The Bertz CT molecular complexity index is 1100. The maximum Gasteiger partial charge on any atom is 0.258 e. The number of hydrogen-bond donors (Lipinski definition) is 0. The molecule has 0 atom stereocenters. The van der Waals surface area contributed by atoms with E-state index >= 15 is 0 Å². The van der Waals surface area contributed by atoms with E-state index in [9.17, 15) is 4.79 Å². The van der Waals surface area contributed by atoms with Gasteiger partial charge < -0.3 is 0 Å². The van der Waals surface area contributed by atoms with Gasteiger partial charge in [-0.2, -0.15) is 0 Å². The molecular weight excluding hydrogens is 318 g/mol. The summed E-state index contributed by atoms with van der Waals surface area (Å²) in [6, 6.07) is 19.4. The Balaban J connectivity index is 1.63. The van der Waals surface area contributed by atoms with Gasteiger partial charge in [0.05, 0.1) is 16.2 Å². The highest BCUT2D eigenvalue weighted by atomic mass is 32.2. The van der Waals surface area contributed by atoms with Crippen molar-refractivity contribution in [3.8, 4) is 0 Å². The van der Waals surface area contributed by atoms with Crippen molar-refractivity contribution in [1.82, 2.24) is 14.4 Å². The summed E-state index contributed by atoms with van der Waals surface area (Å²) < 4.78 is 1.63. The van der Waals surface area contributed by atoms with Crippen molar-refractivity contribution in [2.75, 3.05) is 0 Å². The van der Waals surface area contributed by atoms with Gasteiger partial charge in [0, 0.05) is 22.9 Å². The first-order valence-corrected chi connectivity index (χ1v) is 8.66. The lowest BCUT2D eigenvalue weighted by Crippen LogP contribution is -2.17. The van der Waals surface area contributed by atoms with Gasteiger partial charge in [0.25, 0.3) is 5.56 Å². The van der Waals surface area contributed by atoms with Gasteiger partial charge in [0.1, 0.15) is 5.65 Å². The highest BCUT2D eigenvalue weighted by Gasteiger charge is 2.06. The predicted octanol–water partition coefficient (Wildman–Crippen LogP) is 3.84.